The predicted octanol–water partition coefficient (Wildman–Crippen LogP) is 3.03. The molecule has 0 fully saturated rings. The van der Waals surface area contributed by atoms with Crippen LogP contribution >= 0.6 is 0 Å². The van der Waals surface area contributed by atoms with Gasteiger partial charge in [-0.3, -0.25) is 4.98 Å². The second kappa shape index (κ2) is 6.43. The van der Waals surface area contributed by atoms with E-state index in [1.54, 1.807) is 12.3 Å². The van der Waals surface area contributed by atoms with Gasteiger partial charge in [0.15, 0.2) is 0 Å². The minimum absolute atomic E-state index is 0.103. The molecule has 0 radical (unpaired) electrons. The summed E-state index contributed by atoms with van der Waals surface area (Å²) in [7, 11) is 0. The summed E-state index contributed by atoms with van der Waals surface area (Å²) in [4.78, 5) is 3.97. The van der Waals surface area contributed by atoms with Crippen LogP contribution in [0.5, 0.6) is 5.75 Å². The van der Waals surface area contributed by atoms with E-state index < -0.39 is 17.7 Å². The van der Waals surface area contributed by atoms with E-state index >= 15 is 0 Å². The van der Waals surface area contributed by atoms with Gasteiger partial charge in [-0.05, 0) is 30.7 Å². The number of halogens is 2. The fourth-order valence-corrected chi connectivity index (χ4v) is 1.93. The van der Waals surface area contributed by atoms with Crippen LogP contribution in [-0.4, -0.2) is 16.7 Å². The standard InChI is InChI=1S/C15H15F2NO2/c1-2-20-14-6-11(8-18-9-14)15(19)5-10-3-12(16)7-13(17)4-10/h3-4,6-9,15,19H,2,5H2,1H3. The molecule has 1 aromatic heterocycles. The van der Waals surface area contributed by atoms with Crippen molar-refractivity contribution in [3.63, 3.8) is 0 Å². The Kier molecular flexibility index (Phi) is 4.63. The summed E-state index contributed by atoms with van der Waals surface area (Å²) in [5.74, 6) is -0.767. The predicted molar refractivity (Wildman–Crippen MR) is 70.4 cm³/mol. The minimum atomic E-state index is -0.899. The van der Waals surface area contributed by atoms with E-state index in [0.717, 1.165) is 6.07 Å². The maximum absolute atomic E-state index is 13.1. The van der Waals surface area contributed by atoms with Gasteiger partial charge in [0.05, 0.1) is 18.9 Å². The molecule has 106 valence electrons. The first-order chi connectivity index (χ1) is 9.58. The molecule has 1 heterocycles. The van der Waals surface area contributed by atoms with Crippen molar-refractivity contribution < 1.29 is 18.6 Å². The summed E-state index contributed by atoms with van der Waals surface area (Å²) in [6.07, 6.45) is 2.25. The average Bonchev–Trinajstić information content (AvgIpc) is 2.38. The number of benzene rings is 1. The SMILES string of the molecule is CCOc1cncc(C(O)Cc2cc(F)cc(F)c2)c1. The number of rotatable bonds is 5. The van der Waals surface area contributed by atoms with Crippen molar-refractivity contribution in [1.29, 1.82) is 0 Å². The number of pyridine rings is 1. The summed E-state index contributed by atoms with van der Waals surface area (Å²) in [5, 5.41) is 10.1. The number of aliphatic hydroxyl groups excluding tert-OH is 1. The Hall–Kier alpha value is -2.01. The molecule has 0 aliphatic carbocycles. The highest BCUT2D eigenvalue weighted by molar-refractivity contribution is 5.27. The zero-order valence-corrected chi connectivity index (χ0v) is 11.0. The van der Waals surface area contributed by atoms with Crippen LogP contribution in [0.15, 0.2) is 36.7 Å². The normalized spacial score (nSPS) is 12.2. The van der Waals surface area contributed by atoms with E-state index in [9.17, 15) is 13.9 Å². The van der Waals surface area contributed by atoms with Crippen LogP contribution in [0.25, 0.3) is 0 Å². The second-order valence-corrected chi connectivity index (χ2v) is 4.38. The lowest BCUT2D eigenvalue weighted by Crippen LogP contribution is -2.04. The van der Waals surface area contributed by atoms with E-state index in [2.05, 4.69) is 4.98 Å². The fourth-order valence-electron chi connectivity index (χ4n) is 1.93. The molecule has 0 bridgehead atoms. The Bertz CT molecular complexity index is 570. The topological polar surface area (TPSA) is 42.4 Å². The summed E-state index contributed by atoms with van der Waals surface area (Å²) < 4.78 is 31.5. The fraction of sp³-hybridized carbons (Fsp3) is 0.267. The molecular weight excluding hydrogens is 264 g/mol. The molecule has 3 nitrogen and oxygen atoms in total. The van der Waals surface area contributed by atoms with E-state index in [-0.39, 0.29) is 6.42 Å². The zero-order valence-electron chi connectivity index (χ0n) is 11.0. The van der Waals surface area contributed by atoms with Crippen LogP contribution in [0, 0.1) is 11.6 Å². The molecule has 1 atom stereocenters. The number of hydrogen-bond acceptors (Lipinski definition) is 3. The van der Waals surface area contributed by atoms with Gasteiger partial charge >= 0.3 is 0 Å². The highest BCUT2D eigenvalue weighted by Crippen LogP contribution is 2.22. The van der Waals surface area contributed by atoms with Gasteiger partial charge in [-0.1, -0.05) is 0 Å². The Balaban J connectivity index is 2.14. The zero-order chi connectivity index (χ0) is 14.5. The van der Waals surface area contributed by atoms with Crippen molar-refractivity contribution >= 4 is 0 Å². The molecule has 0 aliphatic rings. The van der Waals surface area contributed by atoms with Gasteiger partial charge in [-0.15, -0.1) is 0 Å². The Morgan fingerprint density at radius 2 is 1.85 bits per heavy atom. The quantitative estimate of drug-likeness (QED) is 0.914. The number of aliphatic hydroxyl groups is 1. The molecule has 1 aromatic carbocycles. The molecule has 1 N–H and O–H groups in total. The number of aromatic nitrogens is 1. The first-order valence-corrected chi connectivity index (χ1v) is 6.29. The van der Waals surface area contributed by atoms with Crippen molar-refractivity contribution in [3.8, 4) is 5.75 Å². The van der Waals surface area contributed by atoms with E-state index in [4.69, 9.17) is 4.74 Å². The molecule has 1 unspecified atom stereocenters. The molecule has 0 saturated carbocycles. The molecule has 5 heteroatoms. The van der Waals surface area contributed by atoms with Gasteiger partial charge < -0.3 is 9.84 Å². The van der Waals surface area contributed by atoms with Gasteiger partial charge in [0.25, 0.3) is 0 Å². The first-order valence-electron chi connectivity index (χ1n) is 6.29. The Morgan fingerprint density at radius 3 is 2.50 bits per heavy atom. The molecule has 0 spiro atoms. The first kappa shape index (κ1) is 14.4. The van der Waals surface area contributed by atoms with Crippen molar-refractivity contribution in [3.05, 3.63) is 59.4 Å². The smallest absolute Gasteiger partial charge is 0.137 e. The third-order valence-electron chi connectivity index (χ3n) is 2.78. The second-order valence-electron chi connectivity index (χ2n) is 4.38. The van der Waals surface area contributed by atoms with Crippen LogP contribution in [0.4, 0.5) is 8.78 Å². The molecule has 20 heavy (non-hydrogen) atoms. The van der Waals surface area contributed by atoms with Gasteiger partial charge in [0.1, 0.15) is 17.4 Å². The number of hydrogen-bond donors (Lipinski definition) is 1. The minimum Gasteiger partial charge on any atom is -0.492 e. The van der Waals surface area contributed by atoms with Crippen LogP contribution in [-0.2, 0) is 6.42 Å². The number of nitrogens with zero attached hydrogens (tertiary/aromatic N) is 1. The summed E-state index contributed by atoms with van der Waals surface area (Å²) in [5.41, 5.74) is 0.928. The van der Waals surface area contributed by atoms with Gasteiger partial charge in [0, 0.05) is 24.2 Å². The van der Waals surface area contributed by atoms with Crippen molar-refractivity contribution in [2.45, 2.75) is 19.4 Å². The molecular formula is C15H15F2NO2. The van der Waals surface area contributed by atoms with E-state index in [1.807, 2.05) is 6.92 Å². The van der Waals surface area contributed by atoms with Crippen molar-refractivity contribution in [2.24, 2.45) is 0 Å². The average molecular weight is 279 g/mol. The lowest BCUT2D eigenvalue weighted by molar-refractivity contribution is 0.177. The summed E-state index contributed by atoms with van der Waals surface area (Å²) >= 11 is 0. The van der Waals surface area contributed by atoms with Gasteiger partial charge in [-0.25, -0.2) is 8.78 Å². The highest BCUT2D eigenvalue weighted by atomic mass is 19.1. The van der Waals surface area contributed by atoms with Crippen molar-refractivity contribution in [2.75, 3.05) is 6.61 Å². The molecule has 2 aromatic rings. The van der Waals surface area contributed by atoms with Crippen LogP contribution in [0.2, 0.25) is 0 Å². The third kappa shape index (κ3) is 3.74. The maximum atomic E-state index is 13.1. The summed E-state index contributed by atoms with van der Waals surface area (Å²) in [6, 6.07) is 4.86. The lowest BCUT2D eigenvalue weighted by atomic mass is 10.0. The highest BCUT2D eigenvalue weighted by Gasteiger charge is 2.12. The van der Waals surface area contributed by atoms with Gasteiger partial charge in [0.2, 0.25) is 0 Å². The van der Waals surface area contributed by atoms with E-state index in [0.29, 0.717) is 23.5 Å². The van der Waals surface area contributed by atoms with E-state index in [1.165, 1.54) is 18.3 Å². The maximum Gasteiger partial charge on any atom is 0.137 e. The molecule has 2 rings (SSSR count). The molecule has 0 amide bonds. The molecule has 0 saturated heterocycles. The van der Waals surface area contributed by atoms with Crippen LogP contribution in [0.3, 0.4) is 0 Å². The monoisotopic (exact) mass is 279 g/mol. The summed E-state index contributed by atoms with van der Waals surface area (Å²) in [6.45, 7) is 2.34. The van der Waals surface area contributed by atoms with Crippen molar-refractivity contribution in [1.82, 2.24) is 4.98 Å². The van der Waals surface area contributed by atoms with Crippen LogP contribution in [0.1, 0.15) is 24.2 Å². The Morgan fingerprint density at radius 1 is 1.15 bits per heavy atom. The van der Waals surface area contributed by atoms with Gasteiger partial charge in [-0.2, -0.15) is 0 Å². The Labute approximate surface area is 115 Å². The third-order valence-corrected chi connectivity index (χ3v) is 2.78. The lowest BCUT2D eigenvalue weighted by Gasteiger charge is -2.12. The molecule has 0 aliphatic heterocycles. The van der Waals surface area contributed by atoms with Crippen LogP contribution < -0.4 is 4.74 Å². The number of ether oxygens (including phenoxy) is 1. The largest absolute Gasteiger partial charge is 0.492 e.